The Labute approximate surface area is 193 Å². The molecule has 0 spiro atoms. The van der Waals surface area contributed by atoms with Gasteiger partial charge in [0.2, 0.25) is 5.91 Å². The normalized spacial score (nSPS) is 10.7. The highest BCUT2D eigenvalue weighted by Gasteiger charge is 2.19. The maximum atomic E-state index is 13.3. The van der Waals surface area contributed by atoms with Gasteiger partial charge in [0, 0.05) is 12.2 Å². The van der Waals surface area contributed by atoms with E-state index in [0.717, 1.165) is 11.8 Å². The van der Waals surface area contributed by atoms with Gasteiger partial charge in [-0.3, -0.25) is 14.2 Å². The number of rotatable bonds is 7. The minimum absolute atomic E-state index is 0.0135. The predicted molar refractivity (Wildman–Crippen MR) is 127 cm³/mol. The number of aromatic nitrogens is 2. The van der Waals surface area contributed by atoms with E-state index in [0.29, 0.717) is 27.4 Å². The number of fused-ring (bicyclic) bond motifs is 1. The van der Waals surface area contributed by atoms with Crippen molar-refractivity contribution in [1.29, 1.82) is 5.26 Å². The lowest BCUT2D eigenvalue weighted by Gasteiger charge is -2.22. The number of nitrogens with zero attached hydrogens (tertiary/aromatic N) is 4. The van der Waals surface area contributed by atoms with Crippen LogP contribution in [0.4, 0.5) is 10.1 Å². The molecule has 1 heterocycles. The summed E-state index contributed by atoms with van der Waals surface area (Å²) in [6, 6.07) is 23.8. The van der Waals surface area contributed by atoms with Gasteiger partial charge in [-0.25, -0.2) is 9.37 Å². The molecule has 6 nitrogen and oxygen atoms in total. The third kappa shape index (κ3) is 4.94. The van der Waals surface area contributed by atoms with E-state index in [9.17, 15) is 14.0 Å². The average Bonchev–Trinajstić information content (AvgIpc) is 2.84. The van der Waals surface area contributed by atoms with Crippen molar-refractivity contribution in [3.8, 4) is 11.8 Å². The maximum absolute atomic E-state index is 13.3. The predicted octanol–water partition coefficient (Wildman–Crippen LogP) is 4.56. The number of nitriles is 1. The van der Waals surface area contributed by atoms with Crippen LogP contribution in [0.15, 0.2) is 88.8 Å². The fourth-order valence-electron chi connectivity index (χ4n) is 3.40. The Bertz CT molecular complexity index is 1380. The number of amides is 1. The molecule has 0 fully saturated rings. The molecule has 0 aliphatic carbocycles. The van der Waals surface area contributed by atoms with E-state index in [2.05, 4.69) is 4.98 Å². The SMILES string of the molecule is N#CCCN(C(=O)CSc1nc2ccccc2c(=O)n1-c1ccccc1)c1ccc(F)cc1. The molecule has 1 amide bonds. The zero-order valence-corrected chi connectivity index (χ0v) is 18.3. The van der Waals surface area contributed by atoms with Crippen molar-refractivity contribution in [3.05, 3.63) is 95.0 Å². The van der Waals surface area contributed by atoms with E-state index in [1.807, 2.05) is 36.4 Å². The van der Waals surface area contributed by atoms with Crippen molar-refractivity contribution in [2.45, 2.75) is 11.6 Å². The first-order valence-corrected chi connectivity index (χ1v) is 11.2. The molecule has 33 heavy (non-hydrogen) atoms. The van der Waals surface area contributed by atoms with Crippen LogP contribution in [-0.2, 0) is 4.79 Å². The summed E-state index contributed by atoms with van der Waals surface area (Å²) in [5.41, 5.74) is 1.48. The highest BCUT2D eigenvalue weighted by molar-refractivity contribution is 7.99. The van der Waals surface area contributed by atoms with Gasteiger partial charge in [-0.15, -0.1) is 0 Å². The molecule has 0 aliphatic rings. The molecule has 3 aromatic carbocycles. The van der Waals surface area contributed by atoms with E-state index in [-0.39, 0.29) is 30.2 Å². The van der Waals surface area contributed by atoms with Crippen LogP contribution < -0.4 is 10.5 Å². The lowest BCUT2D eigenvalue weighted by molar-refractivity contribution is -0.116. The maximum Gasteiger partial charge on any atom is 0.266 e. The summed E-state index contributed by atoms with van der Waals surface area (Å²) in [4.78, 5) is 32.4. The third-order valence-corrected chi connectivity index (χ3v) is 5.89. The van der Waals surface area contributed by atoms with Crippen molar-refractivity contribution in [2.75, 3.05) is 17.2 Å². The monoisotopic (exact) mass is 458 g/mol. The van der Waals surface area contributed by atoms with Crippen LogP contribution in [0.3, 0.4) is 0 Å². The molecule has 1 aromatic heterocycles. The second-order valence-corrected chi connectivity index (χ2v) is 8.05. The van der Waals surface area contributed by atoms with E-state index < -0.39 is 5.82 Å². The lowest BCUT2D eigenvalue weighted by atomic mass is 10.2. The zero-order chi connectivity index (χ0) is 23.2. The summed E-state index contributed by atoms with van der Waals surface area (Å²) in [7, 11) is 0. The number of anilines is 1. The molecule has 0 atom stereocenters. The standard InChI is InChI=1S/C25H19FN4O2S/c26-18-11-13-19(14-12-18)29(16-6-15-27)23(31)17-33-25-28-22-10-5-4-9-21(22)24(32)30(25)20-7-2-1-3-8-20/h1-5,7-14H,6,16-17H2. The van der Waals surface area contributed by atoms with Crippen LogP contribution in [0.5, 0.6) is 0 Å². The number of hydrogen-bond donors (Lipinski definition) is 0. The minimum atomic E-state index is -0.409. The molecule has 8 heteroatoms. The summed E-state index contributed by atoms with van der Waals surface area (Å²) in [5, 5.41) is 9.86. The van der Waals surface area contributed by atoms with Crippen molar-refractivity contribution in [2.24, 2.45) is 0 Å². The van der Waals surface area contributed by atoms with Gasteiger partial charge >= 0.3 is 0 Å². The first-order valence-electron chi connectivity index (χ1n) is 10.2. The molecule has 164 valence electrons. The minimum Gasteiger partial charge on any atom is -0.311 e. The molecular formula is C25H19FN4O2S. The van der Waals surface area contributed by atoms with E-state index >= 15 is 0 Å². The molecule has 4 aromatic rings. The first kappa shape index (κ1) is 22.2. The van der Waals surface area contributed by atoms with Crippen LogP contribution in [0.25, 0.3) is 16.6 Å². The van der Waals surface area contributed by atoms with Crippen LogP contribution >= 0.6 is 11.8 Å². The van der Waals surface area contributed by atoms with Gasteiger partial charge < -0.3 is 4.90 Å². The van der Waals surface area contributed by atoms with Crippen molar-refractivity contribution >= 4 is 34.3 Å². The van der Waals surface area contributed by atoms with Crippen molar-refractivity contribution in [3.63, 3.8) is 0 Å². The van der Waals surface area contributed by atoms with E-state index in [1.54, 1.807) is 24.3 Å². The Hall–Kier alpha value is -3.96. The molecule has 4 rings (SSSR count). The Morgan fingerprint density at radius 2 is 1.73 bits per heavy atom. The molecule has 0 unspecified atom stereocenters. The Morgan fingerprint density at radius 1 is 1.03 bits per heavy atom. The fraction of sp³-hybridized carbons (Fsp3) is 0.120. The summed E-state index contributed by atoms with van der Waals surface area (Å²) >= 11 is 1.14. The molecule has 0 saturated carbocycles. The Kier molecular flexibility index (Phi) is 6.81. The number of carbonyl (C=O) groups is 1. The van der Waals surface area contributed by atoms with Gasteiger partial charge in [0.05, 0.1) is 34.8 Å². The van der Waals surface area contributed by atoms with E-state index in [4.69, 9.17) is 5.26 Å². The summed E-state index contributed by atoms with van der Waals surface area (Å²) < 4.78 is 14.8. The fourth-order valence-corrected chi connectivity index (χ4v) is 4.29. The van der Waals surface area contributed by atoms with Gasteiger partial charge in [-0.2, -0.15) is 5.26 Å². The van der Waals surface area contributed by atoms with Crippen LogP contribution in [0.1, 0.15) is 6.42 Å². The highest BCUT2D eigenvalue weighted by Crippen LogP contribution is 2.23. The second-order valence-electron chi connectivity index (χ2n) is 7.11. The summed E-state index contributed by atoms with van der Waals surface area (Å²) in [6.45, 7) is 0.179. The van der Waals surface area contributed by atoms with Crippen LogP contribution in [0, 0.1) is 17.1 Å². The summed E-state index contributed by atoms with van der Waals surface area (Å²) in [5.74, 6) is -0.697. The number of benzene rings is 3. The number of halogens is 1. The lowest BCUT2D eigenvalue weighted by Crippen LogP contribution is -2.33. The number of para-hydroxylation sites is 2. The number of hydrogen-bond acceptors (Lipinski definition) is 5. The third-order valence-electron chi connectivity index (χ3n) is 4.97. The van der Waals surface area contributed by atoms with Crippen LogP contribution in [-0.4, -0.2) is 27.8 Å². The molecule has 0 radical (unpaired) electrons. The number of carbonyl (C=O) groups excluding carboxylic acids is 1. The number of thioether (sulfide) groups is 1. The topological polar surface area (TPSA) is 79.0 Å². The van der Waals surface area contributed by atoms with Gasteiger partial charge in [-0.1, -0.05) is 42.1 Å². The Balaban J connectivity index is 1.68. The smallest absolute Gasteiger partial charge is 0.266 e. The van der Waals surface area contributed by atoms with Gasteiger partial charge in [0.25, 0.3) is 5.56 Å². The van der Waals surface area contributed by atoms with E-state index in [1.165, 1.54) is 33.7 Å². The zero-order valence-electron chi connectivity index (χ0n) is 17.5. The summed E-state index contributed by atoms with van der Waals surface area (Å²) in [6.07, 6.45) is 0.136. The average molecular weight is 459 g/mol. The van der Waals surface area contributed by atoms with Crippen LogP contribution in [0.2, 0.25) is 0 Å². The van der Waals surface area contributed by atoms with Gasteiger partial charge in [0.15, 0.2) is 5.16 Å². The van der Waals surface area contributed by atoms with Gasteiger partial charge in [-0.05, 0) is 48.5 Å². The van der Waals surface area contributed by atoms with Crippen molar-refractivity contribution in [1.82, 2.24) is 9.55 Å². The molecule has 0 N–H and O–H groups in total. The highest BCUT2D eigenvalue weighted by atomic mass is 32.2. The largest absolute Gasteiger partial charge is 0.311 e. The molecule has 0 saturated heterocycles. The van der Waals surface area contributed by atoms with Crippen molar-refractivity contribution < 1.29 is 9.18 Å². The first-order chi connectivity index (χ1) is 16.1. The van der Waals surface area contributed by atoms with Gasteiger partial charge in [0.1, 0.15) is 5.82 Å². The second kappa shape index (κ2) is 10.1. The Morgan fingerprint density at radius 3 is 2.45 bits per heavy atom. The quantitative estimate of drug-likeness (QED) is 0.300. The molecular weight excluding hydrogens is 439 g/mol. The molecule has 0 bridgehead atoms. The molecule has 0 aliphatic heterocycles.